The highest BCUT2D eigenvalue weighted by Gasteiger charge is 1.99. The Morgan fingerprint density at radius 1 is 1.05 bits per heavy atom. The fourth-order valence-corrected chi connectivity index (χ4v) is 1.81. The Hall–Kier alpha value is -2.55. The number of nitrogens with one attached hydrogen (secondary N) is 2. The summed E-state index contributed by atoms with van der Waals surface area (Å²) >= 11 is 0. The van der Waals surface area contributed by atoms with E-state index in [-0.39, 0.29) is 6.03 Å². The van der Waals surface area contributed by atoms with Gasteiger partial charge in [0.2, 0.25) is 0 Å². The first kappa shape index (κ1) is 13.9. The zero-order valence-electron chi connectivity index (χ0n) is 11.5. The summed E-state index contributed by atoms with van der Waals surface area (Å²) in [7, 11) is 0. The summed E-state index contributed by atoms with van der Waals surface area (Å²) < 4.78 is 0. The van der Waals surface area contributed by atoms with E-state index in [4.69, 9.17) is 0 Å². The molecule has 0 saturated heterocycles. The lowest BCUT2D eigenvalue weighted by atomic mass is 10.1. The van der Waals surface area contributed by atoms with Crippen molar-refractivity contribution in [1.29, 1.82) is 0 Å². The van der Waals surface area contributed by atoms with E-state index >= 15 is 0 Å². The van der Waals surface area contributed by atoms with Gasteiger partial charge in [-0.25, -0.2) is 4.79 Å². The number of hydrogen-bond acceptors (Lipinski definition) is 1. The molecule has 3 heteroatoms. The van der Waals surface area contributed by atoms with Crippen molar-refractivity contribution in [1.82, 2.24) is 10.6 Å². The molecule has 0 atom stereocenters. The number of amides is 2. The van der Waals surface area contributed by atoms with Crippen molar-refractivity contribution in [2.24, 2.45) is 0 Å². The van der Waals surface area contributed by atoms with Crippen LogP contribution in [-0.4, -0.2) is 6.03 Å². The summed E-state index contributed by atoms with van der Waals surface area (Å²) in [5, 5.41) is 5.52. The molecule has 0 bridgehead atoms. The van der Waals surface area contributed by atoms with Crippen LogP contribution in [0, 0.1) is 6.92 Å². The zero-order chi connectivity index (χ0) is 14.2. The molecule has 0 radical (unpaired) electrons. The summed E-state index contributed by atoms with van der Waals surface area (Å²) in [6.07, 6.45) is 3.50. The molecule has 0 fully saturated rings. The van der Waals surface area contributed by atoms with Gasteiger partial charge in [-0.15, -0.1) is 0 Å². The van der Waals surface area contributed by atoms with Gasteiger partial charge in [-0.1, -0.05) is 54.6 Å². The molecule has 0 spiro atoms. The van der Waals surface area contributed by atoms with Crippen molar-refractivity contribution in [2.75, 3.05) is 0 Å². The monoisotopic (exact) mass is 266 g/mol. The van der Waals surface area contributed by atoms with Crippen LogP contribution in [0.15, 0.2) is 60.8 Å². The average Bonchev–Trinajstić information content (AvgIpc) is 2.47. The molecule has 0 unspecified atom stereocenters. The molecule has 2 N–H and O–H groups in total. The van der Waals surface area contributed by atoms with Crippen LogP contribution >= 0.6 is 0 Å². The fourth-order valence-electron chi connectivity index (χ4n) is 1.81. The Bertz CT molecular complexity index is 591. The third-order valence-corrected chi connectivity index (χ3v) is 2.99. The molecular formula is C17H18N2O. The summed E-state index contributed by atoms with van der Waals surface area (Å²) in [4.78, 5) is 11.6. The molecule has 2 rings (SSSR count). The molecule has 2 aromatic carbocycles. The van der Waals surface area contributed by atoms with Crippen LogP contribution in [0.2, 0.25) is 0 Å². The van der Waals surface area contributed by atoms with Gasteiger partial charge in [-0.2, -0.15) is 0 Å². The molecule has 0 aliphatic rings. The number of carbonyl (C=O) groups is 1. The molecule has 0 saturated carbocycles. The van der Waals surface area contributed by atoms with Crippen LogP contribution in [0.4, 0.5) is 4.79 Å². The Kier molecular flexibility index (Phi) is 4.95. The Morgan fingerprint density at radius 2 is 1.75 bits per heavy atom. The molecule has 0 heterocycles. The van der Waals surface area contributed by atoms with Gasteiger partial charge in [0.25, 0.3) is 0 Å². The van der Waals surface area contributed by atoms with Crippen molar-refractivity contribution in [2.45, 2.75) is 13.5 Å². The molecule has 3 nitrogen and oxygen atoms in total. The van der Waals surface area contributed by atoms with E-state index < -0.39 is 0 Å². The summed E-state index contributed by atoms with van der Waals surface area (Å²) in [6.45, 7) is 2.56. The topological polar surface area (TPSA) is 41.1 Å². The maximum Gasteiger partial charge on any atom is 0.319 e. The Morgan fingerprint density at radius 3 is 2.50 bits per heavy atom. The number of aryl methyl sites for hydroxylation is 1. The van der Waals surface area contributed by atoms with Gasteiger partial charge < -0.3 is 10.6 Å². The molecule has 0 aliphatic carbocycles. The number of urea groups is 1. The highest BCUT2D eigenvalue weighted by molar-refractivity contribution is 5.75. The van der Waals surface area contributed by atoms with Crippen LogP contribution in [0.5, 0.6) is 0 Å². The second kappa shape index (κ2) is 7.14. The van der Waals surface area contributed by atoms with Crippen LogP contribution in [0.25, 0.3) is 6.08 Å². The fraction of sp³-hybridized carbons (Fsp3) is 0.118. The molecule has 2 aromatic rings. The average molecular weight is 266 g/mol. The predicted octanol–water partition coefficient (Wildman–Crippen LogP) is 3.47. The second-order valence-electron chi connectivity index (χ2n) is 4.50. The smallest absolute Gasteiger partial charge is 0.319 e. The van der Waals surface area contributed by atoms with Crippen LogP contribution in [0.1, 0.15) is 16.7 Å². The largest absolute Gasteiger partial charge is 0.334 e. The zero-order valence-corrected chi connectivity index (χ0v) is 11.5. The molecule has 0 aromatic heterocycles. The standard InChI is InChI=1S/C17H18N2O/c1-14-7-5-6-10-16(14)13-19-17(20)18-12-11-15-8-3-2-4-9-15/h2-12H,13H2,1H3,(H2,18,19,20)/b12-11+. The van der Waals surface area contributed by atoms with Gasteiger partial charge in [-0.05, 0) is 29.7 Å². The number of carbonyl (C=O) groups excluding carboxylic acids is 1. The normalized spacial score (nSPS) is 10.4. The summed E-state index contributed by atoms with van der Waals surface area (Å²) in [5.41, 5.74) is 3.34. The van der Waals surface area contributed by atoms with Crippen molar-refractivity contribution in [3.63, 3.8) is 0 Å². The third-order valence-electron chi connectivity index (χ3n) is 2.99. The van der Waals surface area contributed by atoms with E-state index in [1.165, 1.54) is 5.56 Å². The maximum atomic E-state index is 11.6. The first-order chi connectivity index (χ1) is 9.75. The van der Waals surface area contributed by atoms with Crippen molar-refractivity contribution >= 4 is 12.1 Å². The van der Waals surface area contributed by atoms with Gasteiger partial charge in [0.15, 0.2) is 0 Å². The molecular weight excluding hydrogens is 248 g/mol. The lowest BCUT2D eigenvalue weighted by Gasteiger charge is -2.07. The minimum atomic E-state index is -0.208. The van der Waals surface area contributed by atoms with Crippen molar-refractivity contribution < 1.29 is 4.79 Å². The molecule has 2 amide bonds. The molecule has 20 heavy (non-hydrogen) atoms. The lowest BCUT2D eigenvalue weighted by molar-refractivity contribution is 0.244. The highest BCUT2D eigenvalue weighted by atomic mass is 16.2. The van der Waals surface area contributed by atoms with Gasteiger partial charge in [0, 0.05) is 12.7 Å². The number of rotatable bonds is 4. The van der Waals surface area contributed by atoms with Crippen LogP contribution in [0.3, 0.4) is 0 Å². The van der Waals surface area contributed by atoms with E-state index in [1.807, 2.05) is 67.6 Å². The van der Waals surface area contributed by atoms with Gasteiger partial charge in [0.05, 0.1) is 0 Å². The van der Waals surface area contributed by atoms with Gasteiger partial charge >= 0.3 is 6.03 Å². The first-order valence-corrected chi connectivity index (χ1v) is 6.56. The predicted molar refractivity (Wildman–Crippen MR) is 82.0 cm³/mol. The summed E-state index contributed by atoms with van der Waals surface area (Å²) in [5.74, 6) is 0. The van der Waals surface area contributed by atoms with Crippen molar-refractivity contribution in [3.8, 4) is 0 Å². The SMILES string of the molecule is Cc1ccccc1CNC(=O)N/C=C/c1ccccc1. The van der Waals surface area contributed by atoms with Crippen LogP contribution < -0.4 is 10.6 Å². The number of benzene rings is 2. The van der Waals surface area contributed by atoms with Crippen LogP contribution in [-0.2, 0) is 6.54 Å². The first-order valence-electron chi connectivity index (χ1n) is 6.56. The van der Waals surface area contributed by atoms with E-state index in [1.54, 1.807) is 6.20 Å². The van der Waals surface area contributed by atoms with E-state index in [0.29, 0.717) is 6.54 Å². The van der Waals surface area contributed by atoms with Crippen molar-refractivity contribution in [3.05, 3.63) is 77.5 Å². The Labute approximate surface area is 119 Å². The quantitative estimate of drug-likeness (QED) is 0.874. The van der Waals surface area contributed by atoms with E-state index in [9.17, 15) is 4.79 Å². The molecule has 102 valence electrons. The van der Waals surface area contributed by atoms with Gasteiger partial charge in [-0.3, -0.25) is 0 Å². The highest BCUT2D eigenvalue weighted by Crippen LogP contribution is 2.05. The molecule has 0 aliphatic heterocycles. The minimum Gasteiger partial charge on any atom is -0.334 e. The van der Waals surface area contributed by atoms with Gasteiger partial charge in [0.1, 0.15) is 0 Å². The Balaban J connectivity index is 1.79. The van der Waals surface area contributed by atoms with E-state index in [2.05, 4.69) is 10.6 Å². The third kappa shape index (κ3) is 4.28. The number of hydrogen-bond donors (Lipinski definition) is 2. The minimum absolute atomic E-state index is 0.208. The second-order valence-corrected chi connectivity index (χ2v) is 4.50. The summed E-state index contributed by atoms with van der Waals surface area (Å²) in [6, 6.07) is 17.6. The van der Waals surface area contributed by atoms with E-state index in [0.717, 1.165) is 11.1 Å². The maximum absolute atomic E-state index is 11.6. The lowest BCUT2D eigenvalue weighted by Crippen LogP contribution is -2.31.